The van der Waals surface area contributed by atoms with Crippen LogP contribution >= 0.6 is 0 Å². The van der Waals surface area contributed by atoms with Gasteiger partial charge < -0.3 is 5.32 Å². The molecule has 1 aliphatic carbocycles. The Bertz CT molecular complexity index is 413. The zero-order chi connectivity index (χ0) is 10.4. The highest BCUT2D eigenvalue weighted by atomic mass is 16.2. The zero-order valence-corrected chi connectivity index (χ0v) is 8.86. The van der Waals surface area contributed by atoms with Crippen molar-refractivity contribution in [3.8, 4) is 0 Å². The minimum absolute atomic E-state index is 0.217. The third kappa shape index (κ3) is 1.28. The van der Waals surface area contributed by atoms with Crippen LogP contribution in [0.25, 0.3) is 0 Å². The highest BCUT2D eigenvalue weighted by Crippen LogP contribution is 2.44. The molecule has 0 radical (unpaired) electrons. The fraction of sp³-hybridized carbons (Fsp3) is 0.462. The van der Waals surface area contributed by atoms with Crippen LogP contribution in [0.4, 0.5) is 0 Å². The Morgan fingerprint density at radius 1 is 1.27 bits per heavy atom. The van der Waals surface area contributed by atoms with Crippen molar-refractivity contribution in [3.63, 3.8) is 0 Å². The Kier molecular flexibility index (Phi) is 1.84. The Labute approximate surface area is 89.7 Å². The molecule has 3 rings (SSSR count). The van der Waals surface area contributed by atoms with Crippen LogP contribution in [0.15, 0.2) is 24.3 Å². The van der Waals surface area contributed by atoms with Crippen molar-refractivity contribution in [2.24, 2.45) is 5.92 Å². The lowest BCUT2D eigenvalue weighted by Gasteiger charge is -2.31. The lowest BCUT2D eigenvalue weighted by Crippen LogP contribution is -2.26. The predicted molar refractivity (Wildman–Crippen MR) is 58.5 cm³/mol. The molecule has 1 amide bonds. The van der Waals surface area contributed by atoms with Crippen LogP contribution in [-0.4, -0.2) is 5.91 Å². The molecule has 1 saturated heterocycles. The van der Waals surface area contributed by atoms with Crippen molar-refractivity contribution >= 4 is 5.91 Å². The van der Waals surface area contributed by atoms with E-state index in [2.05, 4.69) is 36.5 Å². The maximum absolute atomic E-state index is 11.4. The summed E-state index contributed by atoms with van der Waals surface area (Å²) in [6, 6.07) is 8.80. The fourth-order valence-corrected chi connectivity index (χ4v) is 3.08. The largest absolute Gasteiger partial charge is 0.349 e. The van der Waals surface area contributed by atoms with Crippen molar-refractivity contribution in [1.82, 2.24) is 5.32 Å². The molecule has 15 heavy (non-hydrogen) atoms. The van der Waals surface area contributed by atoms with Crippen LogP contribution in [0.5, 0.6) is 0 Å². The van der Waals surface area contributed by atoms with Gasteiger partial charge in [0.1, 0.15) is 0 Å². The first-order chi connectivity index (χ1) is 7.25. The molecule has 2 nitrogen and oxygen atoms in total. The second-order valence-corrected chi connectivity index (χ2v) is 4.78. The van der Waals surface area contributed by atoms with E-state index in [0.717, 1.165) is 6.42 Å². The maximum atomic E-state index is 11.4. The molecule has 0 spiro atoms. The van der Waals surface area contributed by atoms with Crippen molar-refractivity contribution in [1.29, 1.82) is 0 Å². The van der Waals surface area contributed by atoms with Gasteiger partial charge in [-0.1, -0.05) is 31.2 Å². The molecule has 0 unspecified atom stereocenters. The molecular weight excluding hydrogens is 186 g/mol. The van der Waals surface area contributed by atoms with Gasteiger partial charge in [-0.15, -0.1) is 0 Å². The smallest absolute Gasteiger partial charge is 0.220 e. The van der Waals surface area contributed by atoms with Gasteiger partial charge in [0.25, 0.3) is 0 Å². The van der Waals surface area contributed by atoms with Gasteiger partial charge in [0.15, 0.2) is 0 Å². The van der Waals surface area contributed by atoms with Crippen molar-refractivity contribution < 1.29 is 4.79 Å². The van der Waals surface area contributed by atoms with Gasteiger partial charge in [-0.3, -0.25) is 4.79 Å². The summed E-state index contributed by atoms with van der Waals surface area (Å²) in [6.07, 6.45) is 1.85. The molecule has 0 saturated carbocycles. The van der Waals surface area contributed by atoms with Crippen molar-refractivity contribution in [3.05, 3.63) is 35.4 Å². The van der Waals surface area contributed by atoms with E-state index in [-0.39, 0.29) is 11.9 Å². The van der Waals surface area contributed by atoms with Crippen LogP contribution in [0, 0.1) is 5.92 Å². The van der Waals surface area contributed by atoms with E-state index in [0.29, 0.717) is 18.3 Å². The number of carbonyl (C=O) groups excluding carboxylic acids is 1. The molecule has 3 atom stereocenters. The molecule has 0 bridgehead atoms. The van der Waals surface area contributed by atoms with Crippen molar-refractivity contribution in [2.45, 2.75) is 31.7 Å². The molecule has 0 aromatic heterocycles. The molecule has 1 aliphatic heterocycles. The van der Waals surface area contributed by atoms with E-state index < -0.39 is 0 Å². The number of hydrogen-bond donors (Lipinski definition) is 1. The summed E-state index contributed by atoms with van der Waals surface area (Å²) in [5, 5.41) is 3.09. The molecule has 1 aromatic rings. The van der Waals surface area contributed by atoms with E-state index in [4.69, 9.17) is 0 Å². The maximum Gasteiger partial charge on any atom is 0.220 e. The summed E-state index contributed by atoms with van der Waals surface area (Å²) in [5.74, 6) is 1.33. The van der Waals surface area contributed by atoms with Gasteiger partial charge in [-0.25, -0.2) is 0 Å². The molecule has 2 heteroatoms. The topological polar surface area (TPSA) is 29.1 Å². The highest BCUT2D eigenvalue weighted by molar-refractivity contribution is 5.79. The number of nitrogens with one attached hydrogen (secondary N) is 1. The monoisotopic (exact) mass is 201 g/mol. The summed E-state index contributed by atoms with van der Waals surface area (Å²) in [5.41, 5.74) is 2.76. The summed E-state index contributed by atoms with van der Waals surface area (Å²) in [4.78, 5) is 11.4. The van der Waals surface area contributed by atoms with E-state index in [1.54, 1.807) is 0 Å². The molecule has 78 valence electrons. The van der Waals surface area contributed by atoms with Gasteiger partial charge in [0.05, 0.1) is 6.04 Å². The summed E-state index contributed by atoms with van der Waals surface area (Å²) in [7, 11) is 0. The first-order valence-electron chi connectivity index (χ1n) is 5.64. The number of hydrogen-bond acceptors (Lipinski definition) is 1. The Balaban J connectivity index is 2.08. The van der Waals surface area contributed by atoms with Crippen LogP contribution in [0.1, 0.15) is 42.9 Å². The van der Waals surface area contributed by atoms with Gasteiger partial charge >= 0.3 is 0 Å². The highest BCUT2D eigenvalue weighted by Gasteiger charge is 2.39. The molecule has 1 aromatic carbocycles. The van der Waals surface area contributed by atoms with Crippen molar-refractivity contribution in [2.75, 3.05) is 0 Å². The minimum Gasteiger partial charge on any atom is -0.349 e. The zero-order valence-electron chi connectivity index (χ0n) is 8.86. The number of carbonyl (C=O) groups is 1. The number of fused-ring (bicyclic) bond motifs is 3. The summed E-state index contributed by atoms with van der Waals surface area (Å²) < 4.78 is 0. The van der Waals surface area contributed by atoms with Crippen LogP contribution < -0.4 is 5.32 Å². The van der Waals surface area contributed by atoms with Gasteiger partial charge in [-0.05, 0) is 29.4 Å². The lowest BCUT2D eigenvalue weighted by atomic mass is 9.75. The van der Waals surface area contributed by atoms with Gasteiger partial charge in [0.2, 0.25) is 5.91 Å². The molecule has 1 heterocycles. The minimum atomic E-state index is 0.217. The van der Waals surface area contributed by atoms with E-state index in [1.807, 2.05) is 0 Å². The average Bonchev–Trinajstić information content (AvgIpc) is 2.59. The predicted octanol–water partition coefficient (Wildman–Crippen LogP) is 2.37. The van der Waals surface area contributed by atoms with E-state index >= 15 is 0 Å². The van der Waals surface area contributed by atoms with Gasteiger partial charge in [-0.2, -0.15) is 0 Å². The normalized spacial score (nSPS) is 33.1. The Morgan fingerprint density at radius 3 is 2.80 bits per heavy atom. The summed E-state index contributed by atoms with van der Waals surface area (Å²) >= 11 is 0. The molecule has 1 N–H and O–H groups in total. The van der Waals surface area contributed by atoms with Crippen LogP contribution in [0.3, 0.4) is 0 Å². The quantitative estimate of drug-likeness (QED) is 0.686. The number of amides is 1. The first kappa shape index (κ1) is 8.96. The molecule has 1 fully saturated rings. The lowest BCUT2D eigenvalue weighted by molar-refractivity contribution is -0.119. The Hall–Kier alpha value is -1.31. The van der Waals surface area contributed by atoms with Gasteiger partial charge in [0, 0.05) is 6.42 Å². The summed E-state index contributed by atoms with van der Waals surface area (Å²) in [6.45, 7) is 2.26. The Morgan fingerprint density at radius 2 is 2.00 bits per heavy atom. The third-order valence-corrected chi connectivity index (χ3v) is 3.75. The number of rotatable bonds is 0. The third-order valence-electron chi connectivity index (χ3n) is 3.75. The molecular formula is C13H15NO. The van der Waals surface area contributed by atoms with E-state index in [9.17, 15) is 4.79 Å². The fourth-order valence-electron chi connectivity index (χ4n) is 3.08. The van der Waals surface area contributed by atoms with Crippen LogP contribution in [-0.2, 0) is 4.79 Å². The molecule has 2 aliphatic rings. The standard InChI is InChI=1S/C13H15NO/c1-8-6-9-7-12(15)14-13(9)11-5-3-2-4-10(8)11/h2-5,8-9,13H,6-7H2,1H3,(H,14,15)/t8-,9+,13-/m0/s1. The first-order valence-corrected chi connectivity index (χ1v) is 5.64. The number of benzene rings is 1. The van der Waals surface area contributed by atoms with Crippen LogP contribution in [0.2, 0.25) is 0 Å². The average molecular weight is 201 g/mol. The SMILES string of the molecule is C[C@H]1C[C@@H]2CC(=O)N[C@@H]2c2ccccc21. The van der Waals surface area contributed by atoms with E-state index in [1.165, 1.54) is 11.1 Å². The second-order valence-electron chi connectivity index (χ2n) is 4.78. The second kappa shape index (κ2) is 3.09.